The summed E-state index contributed by atoms with van der Waals surface area (Å²) in [6, 6.07) is 0. The zero-order valence-electron chi connectivity index (χ0n) is 8.79. The molecule has 0 saturated carbocycles. The maximum Gasteiger partial charge on any atom is 0.178 e. The van der Waals surface area contributed by atoms with Crippen LogP contribution in [0.5, 0.6) is 0 Å². The van der Waals surface area contributed by atoms with E-state index in [0.717, 1.165) is 0 Å². The van der Waals surface area contributed by atoms with E-state index in [1.165, 1.54) is 20.9 Å². The van der Waals surface area contributed by atoms with Gasteiger partial charge in [0.2, 0.25) is 0 Å². The number of H-pyrrole nitrogens is 1. The molecule has 6 nitrogen and oxygen atoms in total. The zero-order chi connectivity index (χ0) is 11.6. The first-order chi connectivity index (χ1) is 6.99. The minimum Gasteiger partial charge on any atom is -0.382 e. The lowest BCUT2D eigenvalue weighted by Gasteiger charge is -1.98. The van der Waals surface area contributed by atoms with E-state index in [0.29, 0.717) is 0 Å². The molecular weight excluding hydrogens is 196 g/mol. The van der Waals surface area contributed by atoms with Gasteiger partial charge >= 0.3 is 0 Å². The number of hydrogen-bond donors (Lipinski definition) is 2. The van der Waals surface area contributed by atoms with E-state index in [-0.39, 0.29) is 34.4 Å². The van der Waals surface area contributed by atoms with Crippen molar-refractivity contribution in [2.24, 2.45) is 10.7 Å². The van der Waals surface area contributed by atoms with Crippen LogP contribution in [0, 0.1) is 0 Å². The minimum absolute atomic E-state index is 0.129. The number of nitrogens with one attached hydrogen (secondary N) is 1. The van der Waals surface area contributed by atoms with Gasteiger partial charge in [-0.3, -0.25) is 19.7 Å². The van der Waals surface area contributed by atoms with Crippen molar-refractivity contribution in [1.82, 2.24) is 10.2 Å². The van der Waals surface area contributed by atoms with Crippen LogP contribution >= 0.6 is 0 Å². The van der Waals surface area contributed by atoms with Crippen LogP contribution in [0.1, 0.15) is 40.4 Å². The van der Waals surface area contributed by atoms with Gasteiger partial charge in [0.1, 0.15) is 17.2 Å². The fourth-order valence-corrected chi connectivity index (χ4v) is 1.23. The lowest BCUT2D eigenvalue weighted by atomic mass is 10.1. The summed E-state index contributed by atoms with van der Waals surface area (Å²) in [7, 11) is 1.49. The molecule has 6 heteroatoms. The number of nitrogens with zero attached hydrogens (tertiary/aromatic N) is 2. The predicted octanol–water partition coefficient (Wildman–Crippen LogP) is 0.150. The Kier molecular flexibility index (Phi) is 2.99. The van der Waals surface area contributed by atoms with Gasteiger partial charge in [-0.25, -0.2) is 0 Å². The maximum atomic E-state index is 11.4. The quantitative estimate of drug-likeness (QED) is 0.419. The number of amidine groups is 1. The van der Waals surface area contributed by atoms with Crippen LogP contribution in [0.4, 0.5) is 0 Å². The molecule has 0 amide bonds. The van der Waals surface area contributed by atoms with E-state index < -0.39 is 0 Å². The summed E-state index contributed by atoms with van der Waals surface area (Å²) in [4.78, 5) is 26.3. The number of carbonyl (C=O) groups excluding carboxylic acids is 2. The van der Waals surface area contributed by atoms with Gasteiger partial charge in [0.15, 0.2) is 11.6 Å². The molecule has 1 rings (SSSR count). The molecule has 0 fully saturated rings. The first-order valence-electron chi connectivity index (χ1n) is 4.31. The number of Topliss-reactive ketones (excluding diaryl/α,β-unsaturated/α-hetero) is 2. The molecular formula is C9H12N4O2. The normalized spacial score (nSPS) is 11.5. The molecule has 0 aromatic carbocycles. The van der Waals surface area contributed by atoms with Gasteiger partial charge in [0.25, 0.3) is 0 Å². The van der Waals surface area contributed by atoms with Crippen molar-refractivity contribution in [1.29, 1.82) is 0 Å². The Labute approximate surface area is 86.6 Å². The number of ketones is 2. The van der Waals surface area contributed by atoms with Gasteiger partial charge in [-0.15, -0.1) is 0 Å². The molecule has 0 saturated heterocycles. The van der Waals surface area contributed by atoms with Gasteiger partial charge in [-0.2, -0.15) is 5.10 Å². The van der Waals surface area contributed by atoms with Crippen molar-refractivity contribution in [2.75, 3.05) is 7.05 Å². The van der Waals surface area contributed by atoms with Crippen LogP contribution < -0.4 is 5.73 Å². The molecule has 0 radical (unpaired) electrons. The highest BCUT2D eigenvalue weighted by Crippen LogP contribution is 2.12. The van der Waals surface area contributed by atoms with Crippen LogP contribution in [0.25, 0.3) is 0 Å². The fourth-order valence-electron chi connectivity index (χ4n) is 1.23. The van der Waals surface area contributed by atoms with E-state index in [4.69, 9.17) is 5.73 Å². The van der Waals surface area contributed by atoms with Gasteiger partial charge in [0.05, 0.1) is 5.56 Å². The first-order valence-corrected chi connectivity index (χ1v) is 4.31. The highest BCUT2D eigenvalue weighted by Gasteiger charge is 2.21. The van der Waals surface area contributed by atoms with Crippen molar-refractivity contribution >= 4 is 17.4 Å². The second-order valence-corrected chi connectivity index (χ2v) is 3.04. The largest absolute Gasteiger partial charge is 0.382 e. The molecule has 1 heterocycles. The summed E-state index contributed by atoms with van der Waals surface area (Å²) in [6.07, 6.45) is 0. The Bertz CT molecular complexity index is 445. The fraction of sp³-hybridized carbons (Fsp3) is 0.333. The van der Waals surface area contributed by atoms with Crippen molar-refractivity contribution in [2.45, 2.75) is 13.8 Å². The molecule has 1 aromatic heterocycles. The maximum absolute atomic E-state index is 11.4. The first kappa shape index (κ1) is 11.1. The van der Waals surface area contributed by atoms with Gasteiger partial charge in [0, 0.05) is 14.0 Å². The second kappa shape index (κ2) is 4.04. The SMILES string of the molecule is CN=C(N)c1n[nH]c(C(C)=O)c1C(C)=O. The lowest BCUT2D eigenvalue weighted by molar-refractivity contribution is 0.0978. The van der Waals surface area contributed by atoms with E-state index in [1.807, 2.05) is 0 Å². The number of rotatable bonds is 3. The summed E-state index contributed by atoms with van der Waals surface area (Å²) in [6.45, 7) is 2.70. The molecule has 0 aliphatic heterocycles. The number of aromatic nitrogens is 2. The summed E-state index contributed by atoms with van der Waals surface area (Å²) >= 11 is 0. The second-order valence-electron chi connectivity index (χ2n) is 3.04. The van der Waals surface area contributed by atoms with E-state index in [1.54, 1.807) is 0 Å². The van der Waals surface area contributed by atoms with Gasteiger partial charge < -0.3 is 5.73 Å². The van der Waals surface area contributed by atoms with Crippen LogP contribution in [0.3, 0.4) is 0 Å². The van der Waals surface area contributed by atoms with Crippen LogP contribution in [-0.4, -0.2) is 34.6 Å². The minimum atomic E-state index is -0.268. The molecule has 0 bridgehead atoms. The summed E-state index contributed by atoms with van der Waals surface area (Å²) < 4.78 is 0. The number of aromatic amines is 1. The topological polar surface area (TPSA) is 101 Å². The van der Waals surface area contributed by atoms with Crippen molar-refractivity contribution in [3.05, 3.63) is 17.0 Å². The van der Waals surface area contributed by atoms with Crippen LogP contribution in [0.15, 0.2) is 4.99 Å². The van der Waals surface area contributed by atoms with Crippen molar-refractivity contribution in [3.63, 3.8) is 0 Å². The Hall–Kier alpha value is -1.98. The smallest absolute Gasteiger partial charge is 0.178 e. The number of hydrogen-bond acceptors (Lipinski definition) is 4. The summed E-state index contributed by atoms with van der Waals surface area (Å²) in [5.41, 5.74) is 6.15. The molecule has 3 N–H and O–H groups in total. The van der Waals surface area contributed by atoms with Gasteiger partial charge in [-0.1, -0.05) is 0 Å². The Morgan fingerprint density at radius 3 is 2.33 bits per heavy atom. The molecule has 15 heavy (non-hydrogen) atoms. The summed E-state index contributed by atoms with van der Waals surface area (Å²) in [5, 5.41) is 6.30. The zero-order valence-corrected chi connectivity index (χ0v) is 8.79. The van der Waals surface area contributed by atoms with E-state index in [2.05, 4.69) is 15.2 Å². The molecule has 80 valence electrons. The van der Waals surface area contributed by atoms with E-state index >= 15 is 0 Å². The van der Waals surface area contributed by atoms with Crippen LogP contribution in [0.2, 0.25) is 0 Å². The Balaban J connectivity index is 3.43. The van der Waals surface area contributed by atoms with Crippen LogP contribution in [-0.2, 0) is 0 Å². The van der Waals surface area contributed by atoms with Gasteiger partial charge in [-0.05, 0) is 6.92 Å². The Morgan fingerprint density at radius 1 is 1.33 bits per heavy atom. The molecule has 0 aliphatic rings. The average Bonchev–Trinajstić information content (AvgIpc) is 2.60. The Morgan fingerprint density at radius 2 is 1.93 bits per heavy atom. The highest BCUT2D eigenvalue weighted by atomic mass is 16.1. The molecule has 0 atom stereocenters. The van der Waals surface area contributed by atoms with E-state index in [9.17, 15) is 9.59 Å². The predicted molar refractivity (Wildman–Crippen MR) is 55.2 cm³/mol. The number of nitrogens with two attached hydrogens (primary N) is 1. The molecule has 0 unspecified atom stereocenters. The molecule has 0 aliphatic carbocycles. The van der Waals surface area contributed by atoms with Crippen molar-refractivity contribution < 1.29 is 9.59 Å². The molecule has 0 spiro atoms. The standard InChI is InChI=1S/C9H12N4O2/c1-4(14)6-7(5(2)15)12-13-8(6)9(10)11-3/h1-3H3,(H2,10,11)(H,12,13). The summed E-state index contributed by atoms with van der Waals surface area (Å²) in [5.74, 6) is -0.401. The van der Waals surface area contributed by atoms with Crippen molar-refractivity contribution in [3.8, 4) is 0 Å². The lowest BCUT2D eigenvalue weighted by Crippen LogP contribution is -2.17. The molecule has 1 aromatic rings. The highest BCUT2D eigenvalue weighted by molar-refractivity contribution is 6.13. The third-order valence-corrected chi connectivity index (χ3v) is 1.95. The number of aliphatic imine (C=N–C) groups is 1. The average molecular weight is 208 g/mol. The third-order valence-electron chi connectivity index (χ3n) is 1.95. The third kappa shape index (κ3) is 1.93. The number of carbonyl (C=O) groups is 2. The monoisotopic (exact) mass is 208 g/mol.